The third-order valence-corrected chi connectivity index (χ3v) is 4.87. The molecule has 0 radical (unpaired) electrons. The van der Waals surface area contributed by atoms with Gasteiger partial charge in [0.05, 0.1) is 16.3 Å². The highest BCUT2D eigenvalue weighted by Gasteiger charge is 2.20. The zero-order valence-electron chi connectivity index (χ0n) is 13.0. The quantitative estimate of drug-likeness (QED) is 0.853. The summed E-state index contributed by atoms with van der Waals surface area (Å²) in [5.41, 5.74) is 7.52. The topological polar surface area (TPSA) is 66.6 Å². The molecule has 1 saturated heterocycles. The number of rotatable bonds is 4. The summed E-state index contributed by atoms with van der Waals surface area (Å²) in [6.07, 6.45) is 1.20. The lowest BCUT2D eigenvalue weighted by atomic mass is 10.1. The predicted octanol–water partition coefficient (Wildman–Crippen LogP) is 1.45. The van der Waals surface area contributed by atoms with Crippen LogP contribution in [-0.2, 0) is 9.84 Å². The molecule has 1 fully saturated rings. The van der Waals surface area contributed by atoms with Gasteiger partial charge in [-0.05, 0) is 24.1 Å². The molecule has 1 aromatic rings. The molecule has 1 aromatic carbocycles. The first-order valence-electron chi connectivity index (χ1n) is 7.34. The predicted molar refractivity (Wildman–Crippen MR) is 87.5 cm³/mol. The zero-order valence-corrected chi connectivity index (χ0v) is 13.9. The van der Waals surface area contributed by atoms with E-state index in [0.717, 1.165) is 38.4 Å². The summed E-state index contributed by atoms with van der Waals surface area (Å²) in [6.45, 7) is 9.47. The molecule has 118 valence electrons. The van der Waals surface area contributed by atoms with Crippen molar-refractivity contribution < 1.29 is 8.42 Å². The second-order valence-corrected chi connectivity index (χ2v) is 8.19. The fourth-order valence-corrected chi connectivity index (χ4v) is 3.40. The van der Waals surface area contributed by atoms with Gasteiger partial charge in [0.25, 0.3) is 0 Å². The minimum absolute atomic E-state index is 0.280. The minimum atomic E-state index is -3.20. The Hall–Kier alpha value is -1.27. The third kappa shape index (κ3) is 4.11. The molecule has 2 rings (SSSR count). The van der Waals surface area contributed by atoms with Crippen molar-refractivity contribution >= 4 is 21.2 Å². The van der Waals surface area contributed by atoms with Crippen LogP contribution in [0.15, 0.2) is 23.1 Å². The van der Waals surface area contributed by atoms with E-state index in [1.165, 1.54) is 6.26 Å². The van der Waals surface area contributed by atoms with Gasteiger partial charge in [-0.15, -0.1) is 0 Å². The van der Waals surface area contributed by atoms with Crippen molar-refractivity contribution in [2.75, 3.05) is 49.6 Å². The van der Waals surface area contributed by atoms with Crippen molar-refractivity contribution in [2.45, 2.75) is 18.7 Å². The number of sulfone groups is 1. The Balaban J connectivity index is 2.07. The first-order valence-corrected chi connectivity index (χ1v) is 9.23. The average Bonchev–Trinajstić information content (AvgIpc) is 2.38. The lowest BCUT2D eigenvalue weighted by molar-refractivity contribution is 0.231. The van der Waals surface area contributed by atoms with Gasteiger partial charge in [0.2, 0.25) is 0 Å². The molecular formula is C15H25N3O2S. The molecular weight excluding hydrogens is 286 g/mol. The first kappa shape index (κ1) is 16.1. The molecule has 1 aliphatic heterocycles. The van der Waals surface area contributed by atoms with E-state index < -0.39 is 9.84 Å². The highest BCUT2D eigenvalue weighted by molar-refractivity contribution is 7.90. The fraction of sp³-hybridized carbons (Fsp3) is 0.600. The smallest absolute Gasteiger partial charge is 0.175 e. The van der Waals surface area contributed by atoms with Crippen LogP contribution in [0.5, 0.6) is 0 Å². The Bertz CT molecular complexity index is 591. The molecule has 0 aliphatic carbocycles. The molecule has 2 N–H and O–H groups in total. The summed E-state index contributed by atoms with van der Waals surface area (Å²) < 4.78 is 23.1. The molecule has 0 saturated carbocycles. The molecule has 0 amide bonds. The third-order valence-electron chi connectivity index (χ3n) is 3.76. The lowest BCUT2D eigenvalue weighted by Crippen LogP contribution is -2.47. The monoisotopic (exact) mass is 311 g/mol. The number of hydrogen-bond acceptors (Lipinski definition) is 5. The molecule has 0 atom stereocenters. The summed E-state index contributed by atoms with van der Waals surface area (Å²) in [4.78, 5) is 4.97. The Kier molecular flexibility index (Phi) is 4.78. The second kappa shape index (κ2) is 6.23. The zero-order chi connectivity index (χ0) is 15.6. The van der Waals surface area contributed by atoms with Crippen LogP contribution in [0, 0.1) is 5.92 Å². The van der Waals surface area contributed by atoms with Crippen molar-refractivity contribution in [2.24, 2.45) is 5.92 Å². The molecule has 1 aliphatic rings. The summed E-state index contributed by atoms with van der Waals surface area (Å²) in [5, 5.41) is 0. The van der Waals surface area contributed by atoms with Crippen LogP contribution >= 0.6 is 0 Å². The summed E-state index contributed by atoms with van der Waals surface area (Å²) in [6, 6.07) is 5.02. The van der Waals surface area contributed by atoms with Gasteiger partial charge in [0.1, 0.15) is 0 Å². The summed E-state index contributed by atoms with van der Waals surface area (Å²) >= 11 is 0. The Morgan fingerprint density at radius 2 is 1.81 bits per heavy atom. The molecule has 0 spiro atoms. The lowest BCUT2D eigenvalue weighted by Gasteiger charge is -2.37. The van der Waals surface area contributed by atoms with Crippen LogP contribution in [0.25, 0.3) is 0 Å². The van der Waals surface area contributed by atoms with E-state index >= 15 is 0 Å². The van der Waals surface area contributed by atoms with Gasteiger partial charge >= 0.3 is 0 Å². The van der Waals surface area contributed by atoms with Crippen LogP contribution in [0.2, 0.25) is 0 Å². The van der Waals surface area contributed by atoms with Gasteiger partial charge in [-0.3, -0.25) is 4.90 Å². The Morgan fingerprint density at radius 1 is 1.19 bits per heavy atom. The number of benzene rings is 1. The number of nitrogens with two attached hydrogens (primary N) is 1. The Labute approximate surface area is 127 Å². The average molecular weight is 311 g/mol. The van der Waals surface area contributed by atoms with E-state index in [-0.39, 0.29) is 4.90 Å². The summed E-state index contributed by atoms with van der Waals surface area (Å²) in [5.74, 6) is 0.677. The minimum Gasteiger partial charge on any atom is -0.397 e. The van der Waals surface area contributed by atoms with E-state index in [4.69, 9.17) is 5.73 Å². The van der Waals surface area contributed by atoms with Crippen LogP contribution in [0.4, 0.5) is 11.4 Å². The molecule has 0 unspecified atom stereocenters. The first-order chi connectivity index (χ1) is 9.77. The SMILES string of the molecule is CC(C)CN1CCN(c2ccc(S(C)(=O)=O)cc2N)CC1. The fourth-order valence-electron chi connectivity index (χ4n) is 2.74. The number of piperazine rings is 1. The number of nitrogen functional groups attached to an aromatic ring is 1. The second-order valence-electron chi connectivity index (χ2n) is 6.17. The van der Waals surface area contributed by atoms with Gasteiger partial charge < -0.3 is 10.6 Å². The van der Waals surface area contributed by atoms with E-state index in [2.05, 4.69) is 23.6 Å². The van der Waals surface area contributed by atoms with Crippen molar-refractivity contribution in [3.05, 3.63) is 18.2 Å². The maximum Gasteiger partial charge on any atom is 0.175 e. The van der Waals surface area contributed by atoms with Crippen LogP contribution < -0.4 is 10.6 Å². The highest BCUT2D eigenvalue weighted by atomic mass is 32.2. The maximum absolute atomic E-state index is 11.5. The molecule has 0 aromatic heterocycles. The molecule has 5 nitrogen and oxygen atoms in total. The summed E-state index contributed by atoms with van der Waals surface area (Å²) in [7, 11) is -3.20. The molecule has 0 bridgehead atoms. The van der Waals surface area contributed by atoms with Crippen LogP contribution in [-0.4, -0.2) is 52.3 Å². The van der Waals surface area contributed by atoms with Gasteiger partial charge in [-0.2, -0.15) is 0 Å². The highest BCUT2D eigenvalue weighted by Crippen LogP contribution is 2.27. The van der Waals surface area contributed by atoms with Crippen molar-refractivity contribution in [1.29, 1.82) is 0 Å². The van der Waals surface area contributed by atoms with Crippen molar-refractivity contribution in [3.8, 4) is 0 Å². The van der Waals surface area contributed by atoms with Crippen molar-refractivity contribution in [3.63, 3.8) is 0 Å². The number of anilines is 2. The van der Waals surface area contributed by atoms with Crippen molar-refractivity contribution in [1.82, 2.24) is 4.90 Å². The molecule has 6 heteroatoms. The number of hydrogen-bond donors (Lipinski definition) is 1. The van der Waals surface area contributed by atoms with Gasteiger partial charge in [-0.25, -0.2) is 8.42 Å². The molecule has 21 heavy (non-hydrogen) atoms. The largest absolute Gasteiger partial charge is 0.397 e. The molecule has 1 heterocycles. The standard InChI is InChI=1S/C15H25N3O2S/c1-12(2)11-17-6-8-18(9-7-17)15-5-4-13(10-14(15)16)21(3,19)20/h4-5,10,12H,6-9,11,16H2,1-3H3. The number of nitrogens with zero attached hydrogens (tertiary/aromatic N) is 2. The van der Waals surface area contributed by atoms with Crippen LogP contribution in [0.3, 0.4) is 0 Å². The van der Waals surface area contributed by atoms with E-state index in [1.807, 2.05) is 6.07 Å². The van der Waals surface area contributed by atoms with Gasteiger partial charge in [0.15, 0.2) is 9.84 Å². The van der Waals surface area contributed by atoms with E-state index in [1.54, 1.807) is 12.1 Å². The van der Waals surface area contributed by atoms with Gasteiger partial charge in [-0.1, -0.05) is 13.8 Å². The van der Waals surface area contributed by atoms with Gasteiger partial charge in [0, 0.05) is 39.0 Å². The maximum atomic E-state index is 11.5. The normalized spacial score (nSPS) is 17.4. The van der Waals surface area contributed by atoms with E-state index in [9.17, 15) is 8.42 Å². The van der Waals surface area contributed by atoms with E-state index in [0.29, 0.717) is 11.6 Å². The Morgan fingerprint density at radius 3 is 2.29 bits per heavy atom. The van der Waals surface area contributed by atoms with Crippen LogP contribution in [0.1, 0.15) is 13.8 Å².